The number of likely N-dealkylation sites (N-methyl/N-ethyl adjacent to an activating group) is 1. The number of nitrogen functional groups attached to an aromatic ring is 1. The Morgan fingerprint density at radius 3 is 2.52 bits per heavy atom. The summed E-state index contributed by atoms with van der Waals surface area (Å²) in [6.45, 7) is 2.36. The molecule has 0 aliphatic heterocycles. The van der Waals surface area contributed by atoms with Crippen molar-refractivity contribution in [2.24, 2.45) is 0 Å². The summed E-state index contributed by atoms with van der Waals surface area (Å²) in [4.78, 5) is 40.0. The number of anilines is 2. The number of amides is 1. The Labute approximate surface area is 150 Å². The molecule has 0 radical (unpaired) electrons. The highest BCUT2D eigenvalue weighted by Gasteiger charge is 2.20. The number of hydrogen-bond donors (Lipinski definition) is 2. The van der Waals surface area contributed by atoms with Crippen molar-refractivity contribution >= 4 is 29.0 Å². The predicted molar refractivity (Wildman–Crippen MR) is 99.2 cm³/mol. The van der Waals surface area contributed by atoms with E-state index in [1.807, 2.05) is 6.92 Å². The van der Waals surface area contributed by atoms with E-state index in [4.69, 9.17) is 17.3 Å². The van der Waals surface area contributed by atoms with E-state index in [0.717, 1.165) is 18.4 Å². The molecule has 8 heteroatoms. The largest absolute Gasteiger partial charge is 0.383 e. The Kier molecular flexibility index (Phi) is 6.03. The summed E-state index contributed by atoms with van der Waals surface area (Å²) in [6, 6.07) is 6.86. The monoisotopic (exact) mass is 364 g/mol. The first-order valence-electron chi connectivity index (χ1n) is 7.98. The fourth-order valence-corrected chi connectivity index (χ4v) is 2.59. The number of nitrogens with zero attached hydrogens (tertiary/aromatic N) is 2. The molecule has 0 bridgehead atoms. The molecular formula is C17H21ClN4O3. The summed E-state index contributed by atoms with van der Waals surface area (Å²) in [5, 5.41) is 0.577. The van der Waals surface area contributed by atoms with Crippen LogP contribution in [0.2, 0.25) is 5.02 Å². The molecule has 1 heterocycles. The lowest BCUT2D eigenvalue weighted by Crippen LogP contribution is -2.39. The number of nitrogens with one attached hydrogen (secondary N) is 1. The van der Waals surface area contributed by atoms with Crippen molar-refractivity contribution < 1.29 is 4.79 Å². The van der Waals surface area contributed by atoms with Gasteiger partial charge in [-0.25, -0.2) is 4.79 Å². The molecule has 0 aliphatic carbocycles. The number of halogens is 1. The van der Waals surface area contributed by atoms with Crippen LogP contribution in [0.4, 0.5) is 11.5 Å². The Hall–Kier alpha value is -2.54. The zero-order valence-corrected chi connectivity index (χ0v) is 15.0. The van der Waals surface area contributed by atoms with Crippen molar-refractivity contribution in [3.05, 3.63) is 55.7 Å². The van der Waals surface area contributed by atoms with Crippen molar-refractivity contribution in [1.29, 1.82) is 0 Å². The molecule has 1 aromatic heterocycles. The van der Waals surface area contributed by atoms with Gasteiger partial charge in [-0.3, -0.25) is 19.1 Å². The number of carbonyl (C=O) groups excluding carboxylic acids is 1. The third-order valence-corrected chi connectivity index (χ3v) is 4.18. The quantitative estimate of drug-likeness (QED) is 0.815. The smallest absolute Gasteiger partial charge is 0.330 e. The molecule has 0 unspecified atom stereocenters. The normalized spacial score (nSPS) is 10.7. The number of rotatable bonds is 6. The van der Waals surface area contributed by atoms with Gasteiger partial charge in [-0.05, 0) is 24.1 Å². The first kappa shape index (κ1) is 18.8. The van der Waals surface area contributed by atoms with E-state index in [9.17, 15) is 14.4 Å². The van der Waals surface area contributed by atoms with E-state index in [1.165, 1.54) is 16.5 Å². The van der Waals surface area contributed by atoms with Gasteiger partial charge in [0.15, 0.2) is 5.69 Å². The van der Waals surface area contributed by atoms with Crippen LogP contribution in [0.3, 0.4) is 0 Å². The summed E-state index contributed by atoms with van der Waals surface area (Å²) in [5.41, 5.74) is 5.50. The molecule has 0 saturated heterocycles. The number of unbranched alkanes of at least 4 members (excludes halogenated alkanes) is 1. The average Bonchev–Trinajstić information content (AvgIpc) is 2.56. The van der Waals surface area contributed by atoms with Gasteiger partial charge in [-0.15, -0.1) is 0 Å². The molecule has 0 saturated carbocycles. The molecule has 7 nitrogen and oxygen atoms in total. The predicted octanol–water partition coefficient (Wildman–Crippen LogP) is 1.78. The van der Waals surface area contributed by atoms with Crippen LogP contribution in [0.25, 0.3) is 0 Å². The van der Waals surface area contributed by atoms with Crippen LogP contribution in [0.15, 0.2) is 33.9 Å². The maximum atomic E-state index is 12.5. The number of aromatic amines is 1. The van der Waals surface area contributed by atoms with Crippen molar-refractivity contribution in [3.8, 4) is 0 Å². The molecule has 0 atom stereocenters. The maximum Gasteiger partial charge on any atom is 0.330 e. The Balaban J connectivity index is 2.32. The molecule has 2 aromatic rings. The molecule has 3 N–H and O–H groups in total. The summed E-state index contributed by atoms with van der Waals surface area (Å²) in [7, 11) is 1.47. The molecule has 0 spiro atoms. The van der Waals surface area contributed by atoms with Crippen LogP contribution in [0.1, 0.15) is 25.3 Å². The highest BCUT2D eigenvalue weighted by atomic mass is 35.5. The lowest BCUT2D eigenvalue weighted by atomic mass is 10.1. The number of benzene rings is 1. The van der Waals surface area contributed by atoms with Gasteiger partial charge in [0.25, 0.3) is 5.56 Å². The summed E-state index contributed by atoms with van der Waals surface area (Å²) < 4.78 is 1.28. The number of aromatic nitrogens is 2. The van der Waals surface area contributed by atoms with Gasteiger partial charge in [0.1, 0.15) is 5.82 Å². The lowest BCUT2D eigenvalue weighted by Gasteiger charge is -2.20. The second-order valence-corrected chi connectivity index (χ2v) is 6.19. The van der Waals surface area contributed by atoms with Crippen LogP contribution in [0, 0.1) is 0 Å². The SMILES string of the molecule is CCCCn1c(N)c(N(C)C(=O)Cc2ccc(Cl)cc2)c(=O)[nH]c1=O. The fraction of sp³-hybridized carbons (Fsp3) is 0.353. The van der Waals surface area contributed by atoms with Crippen molar-refractivity contribution in [1.82, 2.24) is 9.55 Å². The first-order valence-corrected chi connectivity index (χ1v) is 8.36. The van der Waals surface area contributed by atoms with Crippen LogP contribution >= 0.6 is 11.6 Å². The van der Waals surface area contributed by atoms with Crippen molar-refractivity contribution in [2.45, 2.75) is 32.7 Å². The molecule has 1 aromatic carbocycles. The Morgan fingerprint density at radius 2 is 1.92 bits per heavy atom. The molecular weight excluding hydrogens is 344 g/mol. The molecule has 0 aliphatic rings. The third-order valence-electron chi connectivity index (χ3n) is 3.93. The maximum absolute atomic E-state index is 12.5. The van der Waals surface area contributed by atoms with Gasteiger partial charge in [0.2, 0.25) is 5.91 Å². The first-order chi connectivity index (χ1) is 11.8. The van der Waals surface area contributed by atoms with E-state index < -0.39 is 11.2 Å². The van der Waals surface area contributed by atoms with E-state index in [-0.39, 0.29) is 23.8 Å². The lowest BCUT2D eigenvalue weighted by molar-refractivity contribution is -0.117. The van der Waals surface area contributed by atoms with Crippen LogP contribution in [-0.2, 0) is 17.8 Å². The van der Waals surface area contributed by atoms with E-state index in [2.05, 4.69) is 4.98 Å². The number of nitrogens with two attached hydrogens (primary N) is 1. The average molecular weight is 365 g/mol. The van der Waals surface area contributed by atoms with Gasteiger partial charge in [0.05, 0.1) is 6.42 Å². The summed E-state index contributed by atoms with van der Waals surface area (Å²) >= 11 is 5.83. The number of H-pyrrole nitrogens is 1. The zero-order chi connectivity index (χ0) is 18.6. The second kappa shape index (κ2) is 8.02. The Morgan fingerprint density at radius 1 is 1.28 bits per heavy atom. The van der Waals surface area contributed by atoms with E-state index in [0.29, 0.717) is 11.6 Å². The van der Waals surface area contributed by atoms with Crippen LogP contribution < -0.4 is 21.9 Å². The van der Waals surface area contributed by atoms with Crippen molar-refractivity contribution in [3.63, 3.8) is 0 Å². The standard InChI is InChI=1S/C17H21ClN4O3/c1-3-4-9-22-15(19)14(16(24)20-17(22)25)21(2)13(23)10-11-5-7-12(18)8-6-11/h5-8H,3-4,9-10,19H2,1-2H3,(H,20,24,25). The summed E-state index contributed by atoms with van der Waals surface area (Å²) in [6.07, 6.45) is 1.68. The van der Waals surface area contributed by atoms with Crippen LogP contribution in [-0.4, -0.2) is 22.5 Å². The minimum absolute atomic E-state index is 0.00541. The Bertz CT molecular complexity index is 871. The van der Waals surface area contributed by atoms with Gasteiger partial charge in [0, 0.05) is 18.6 Å². The van der Waals surface area contributed by atoms with E-state index >= 15 is 0 Å². The molecule has 1 amide bonds. The minimum Gasteiger partial charge on any atom is -0.383 e. The minimum atomic E-state index is -0.679. The number of carbonyl (C=O) groups is 1. The topological polar surface area (TPSA) is 101 Å². The molecule has 25 heavy (non-hydrogen) atoms. The molecule has 134 valence electrons. The van der Waals surface area contributed by atoms with E-state index in [1.54, 1.807) is 24.3 Å². The van der Waals surface area contributed by atoms with Gasteiger partial charge >= 0.3 is 5.69 Å². The summed E-state index contributed by atoms with van der Waals surface area (Å²) in [5.74, 6) is -0.325. The fourth-order valence-electron chi connectivity index (χ4n) is 2.46. The van der Waals surface area contributed by atoms with Crippen molar-refractivity contribution in [2.75, 3.05) is 17.7 Å². The highest BCUT2D eigenvalue weighted by molar-refractivity contribution is 6.30. The highest BCUT2D eigenvalue weighted by Crippen LogP contribution is 2.17. The van der Waals surface area contributed by atoms with Gasteiger partial charge in [-0.1, -0.05) is 37.1 Å². The molecule has 2 rings (SSSR count). The number of hydrogen-bond acceptors (Lipinski definition) is 4. The zero-order valence-electron chi connectivity index (χ0n) is 14.2. The molecule has 0 fully saturated rings. The second-order valence-electron chi connectivity index (χ2n) is 5.75. The van der Waals surface area contributed by atoms with Crippen LogP contribution in [0.5, 0.6) is 0 Å². The van der Waals surface area contributed by atoms with Gasteiger partial charge in [-0.2, -0.15) is 0 Å². The third kappa shape index (κ3) is 4.30. The van der Waals surface area contributed by atoms with Gasteiger partial charge < -0.3 is 10.6 Å².